The van der Waals surface area contributed by atoms with Crippen molar-refractivity contribution in [3.63, 3.8) is 0 Å². The van der Waals surface area contributed by atoms with Crippen LogP contribution in [-0.2, 0) is 14.3 Å². The van der Waals surface area contributed by atoms with Crippen LogP contribution in [-0.4, -0.2) is 49.5 Å². The number of methoxy groups -OCH3 is 1. The van der Waals surface area contributed by atoms with Crippen molar-refractivity contribution in [1.29, 1.82) is 0 Å². The quantitative estimate of drug-likeness (QED) is 0.775. The van der Waals surface area contributed by atoms with Crippen LogP contribution in [0.3, 0.4) is 0 Å². The summed E-state index contributed by atoms with van der Waals surface area (Å²) in [4.78, 5) is 23.2. The van der Waals surface area contributed by atoms with E-state index in [0.29, 0.717) is 30.2 Å². The largest absolute Gasteiger partial charge is 0.478 e. The summed E-state index contributed by atoms with van der Waals surface area (Å²) >= 11 is 1.27. The van der Waals surface area contributed by atoms with Gasteiger partial charge in [0.2, 0.25) is 0 Å². The number of hydrogen-bond donors (Lipinski definition) is 2. The van der Waals surface area contributed by atoms with Crippen molar-refractivity contribution in [1.82, 2.24) is 5.32 Å². The lowest BCUT2D eigenvalue weighted by atomic mass is 10.0. The Labute approximate surface area is 126 Å². The molecule has 1 aliphatic rings. The molecular weight excluding hydrogens is 294 g/mol. The van der Waals surface area contributed by atoms with Gasteiger partial charge in [-0.1, -0.05) is 0 Å². The van der Waals surface area contributed by atoms with Crippen molar-refractivity contribution in [3.05, 3.63) is 28.0 Å². The first-order valence-corrected chi connectivity index (χ1v) is 7.34. The highest BCUT2D eigenvalue weighted by Crippen LogP contribution is 2.23. The van der Waals surface area contributed by atoms with E-state index in [2.05, 4.69) is 5.32 Å². The zero-order valence-electron chi connectivity index (χ0n) is 11.6. The van der Waals surface area contributed by atoms with E-state index in [1.807, 2.05) is 0 Å². The van der Waals surface area contributed by atoms with Crippen LogP contribution in [0.15, 0.2) is 17.5 Å². The molecule has 0 aliphatic carbocycles. The van der Waals surface area contributed by atoms with Crippen LogP contribution in [0, 0.1) is 0 Å². The van der Waals surface area contributed by atoms with Gasteiger partial charge >= 0.3 is 5.97 Å². The topological polar surface area (TPSA) is 84.9 Å². The summed E-state index contributed by atoms with van der Waals surface area (Å²) in [5, 5.41) is 13.2. The number of hydrogen-bond acceptors (Lipinski definition) is 5. The number of ether oxygens (including phenoxy) is 2. The van der Waals surface area contributed by atoms with Gasteiger partial charge in [0.05, 0.1) is 11.5 Å². The number of carbonyl (C=O) groups excluding carboxylic acids is 1. The van der Waals surface area contributed by atoms with E-state index in [-0.39, 0.29) is 5.91 Å². The lowest BCUT2D eigenvalue weighted by Crippen LogP contribution is -2.44. The van der Waals surface area contributed by atoms with Gasteiger partial charge in [0, 0.05) is 32.8 Å². The van der Waals surface area contributed by atoms with Gasteiger partial charge in [-0.2, -0.15) is 0 Å². The molecule has 1 atom stereocenters. The van der Waals surface area contributed by atoms with Crippen molar-refractivity contribution >= 4 is 29.3 Å². The third kappa shape index (κ3) is 3.90. The van der Waals surface area contributed by atoms with E-state index in [0.717, 1.165) is 12.5 Å². The molecule has 1 aromatic heterocycles. The third-order valence-corrected chi connectivity index (χ3v) is 4.31. The number of carbonyl (C=O) groups is 2. The van der Waals surface area contributed by atoms with Crippen molar-refractivity contribution < 1.29 is 24.2 Å². The number of rotatable bonds is 6. The number of carboxylic acid groups (broad SMARTS) is 1. The second kappa shape index (κ2) is 6.84. The fraction of sp³-hybridized carbons (Fsp3) is 0.429. The molecule has 0 spiro atoms. The number of carboxylic acids is 1. The molecule has 1 fully saturated rings. The Morgan fingerprint density at radius 1 is 1.62 bits per heavy atom. The Kier molecular flexibility index (Phi) is 5.11. The van der Waals surface area contributed by atoms with Crippen LogP contribution in [0.4, 0.5) is 0 Å². The van der Waals surface area contributed by atoms with Gasteiger partial charge in [-0.3, -0.25) is 4.79 Å². The lowest BCUT2D eigenvalue weighted by molar-refractivity contribution is -0.131. The Bertz CT molecular complexity index is 545. The maximum Gasteiger partial charge on any atom is 0.328 e. The highest BCUT2D eigenvalue weighted by molar-refractivity contribution is 7.12. The van der Waals surface area contributed by atoms with Gasteiger partial charge in [0.25, 0.3) is 5.91 Å². The molecule has 1 aromatic rings. The van der Waals surface area contributed by atoms with Crippen molar-refractivity contribution in [2.24, 2.45) is 0 Å². The zero-order chi connectivity index (χ0) is 15.3. The molecule has 6 nitrogen and oxygen atoms in total. The molecule has 0 radical (unpaired) electrons. The summed E-state index contributed by atoms with van der Waals surface area (Å²) in [5.41, 5.74) is 0.123. The first-order valence-electron chi connectivity index (χ1n) is 6.46. The minimum absolute atomic E-state index is 0.238. The molecule has 2 N–H and O–H groups in total. The standard InChI is InChI=1S/C14H17NO5S/c1-19-14(5-6-20-9-14)8-15-13(18)12-10(4-7-21-12)2-3-11(16)17/h2-4,7H,5-6,8-9H2,1H3,(H,15,18)(H,16,17)/b3-2+. The Hall–Kier alpha value is -1.70. The number of aliphatic carboxylic acids is 1. The summed E-state index contributed by atoms with van der Waals surface area (Å²) in [7, 11) is 1.60. The van der Waals surface area contributed by atoms with Gasteiger partial charge in [0.1, 0.15) is 5.60 Å². The fourth-order valence-corrected chi connectivity index (χ4v) is 2.88. The number of amides is 1. The summed E-state index contributed by atoms with van der Waals surface area (Å²) in [6.45, 7) is 1.44. The van der Waals surface area contributed by atoms with Crippen LogP contribution in [0.1, 0.15) is 21.7 Å². The molecule has 21 heavy (non-hydrogen) atoms. The highest BCUT2D eigenvalue weighted by atomic mass is 32.1. The predicted molar refractivity (Wildman–Crippen MR) is 78.5 cm³/mol. The molecule has 1 unspecified atom stereocenters. The molecule has 1 amide bonds. The average Bonchev–Trinajstić information content (AvgIpc) is 3.12. The smallest absolute Gasteiger partial charge is 0.328 e. The molecule has 114 valence electrons. The maximum absolute atomic E-state index is 12.2. The van der Waals surface area contributed by atoms with Crippen molar-refractivity contribution in [3.8, 4) is 0 Å². The highest BCUT2D eigenvalue weighted by Gasteiger charge is 2.35. The van der Waals surface area contributed by atoms with Crippen LogP contribution in [0.5, 0.6) is 0 Å². The Morgan fingerprint density at radius 3 is 3.05 bits per heavy atom. The molecule has 0 saturated carbocycles. The van der Waals surface area contributed by atoms with Crippen LogP contribution in [0.2, 0.25) is 0 Å². The van der Waals surface area contributed by atoms with Gasteiger partial charge in [-0.05, 0) is 23.1 Å². The van der Waals surface area contributed by atoms with Gasteiger partial charge in [-0.25, -0.2) is 4.79 Å². The number of thiophene rings is 1. The molecule has 1 aliphatic heterocycles. The van der Waals surface area contributed by atoms with E-state index >= 15 is 0 Å². The molecule has 1 saturated heterocycles. The SMILES string of the molecule is COC1(CNC(=O)c2sccc2/C=C/C(=O)O)CCOC1. The van der Waals surface area contributed by atoms with E-state index in [1.165, 1.54) is 17.4 Å². The molecule has 0 bridgehead atoms. The van der Waals surface area contributed by atoms with E-state index in [4.69, 9.17) is 14.6 Å². The minimum Gasteiger partial charge on any atom is -0.478 e. The lowest BCUT2D eigenvalue weighted by Gasteiger charge is -2.25. The summed E-state index contributed by atoms with van der Waals surface area (Å²) < 4.78 is 10.8. The molecule has 2 heterocycles. The molecule has 7 heteroatoms. The molecular formula is C14H17NO5S. The third-order valence-electron chi connectivity index (χ3n) is 3.38. The monoisotopic (exact) mass is 311 g/mol. The van der Waals surface area contributed by atoms with E-state index in [1.54, 1.807) is 18.6 Å². The normalized spacial score (nSPS) is 21.8. The number of nitrogens with one attached hydrogen (secondary N) is 1. The molecule has 2 rings (SSSR count). The van der Waals surface area contributed by atoms with Crippen LogP contribution in [0.25, 0.3) is 6.08 Å². The van der Waals surface area contributed by atoms with E-state index in [9.17, 15) is 9.59 Å². The van der Waals surface area contributed by atoms with Crippen molar-refractivity contribution in [2.75, 3.05) is 26.9 Å². The summed E-state index contributed by atoms with van der Waals surface area (Å²) in [6.07, 6.45) is 3.17. The first kappa shape index (κ1) is 15.7. The summed E-state index contributed by atoms with van der Waals surface area (Å²) in [5.74, 6) is -1.28. The molecule has 0 aromatic carbocycles. The Morgan fingerprint density at radius 2 is 2.43 bits per heavy atom. The second-order valence-corrected chi connectivity index (χ2v) is 5.67. The van der Waals surface area contributed by atoms with Gasteiger partial charge in [-0.15, -0.1) is 11.3 Å². The maximum atomic E-state index is 12.2. The Balaban J connectivity index is 2.01. The predicted octanol–water partition coefficient (Wildman–Crippen LogP) is 1.38. The minimum atomic E-state index is -1.05. The van der Waals surface area contributed by atoms with Crippen molar-refractivity contribution in [2.45, 2.75) is 12.0 Å². The fourth-order valence-electron chi connectivity index (χ4n) is 2.08. The second-order valence-electron chi connectivity index (χ2n) is 4.75. The van der Waals surface area contributed by atoms with E-state index < -0.39 is 11.6 Å². The van der Waals surface area contributed by atoms with Gasteiger partial charge in [0.15, 0.2) is 0 Å². The van der Waals surface area contributed by atoms with Gasteiger partial charge < -0.3 is 19.9 Å². The van der Waals surface area contributed by atoms with Crippen LogP contribution >= 0.6 is 11.3 Å². The zero-order valence-corrected chi connectivity index (χ0v) is 12.4. The average molecular weight is 311 g/mol. The summed E-state index contributed by atoms with van der Waals surface area (Å²) in [6, 6.07) is 1.71. The first-order chi connectivity index (χ1) is 10.1. The van der Waals surface area contributed by atoms with Crippen LogP contribution < -0.4 is 5.32 Å².